The predicted octanol–water partition coefficient (Wildman–Crippen LogP) is 4.89. The van der Waals surface area contributed by atoms with Crippen molar-refractivity contribution in [1.82, 2.24) is 9.21 Å². The average molecular weight is 417 g/mol. The summed E-state index contributed by atoms with van der Waals surface area (Å²) in [5, 5.41) is 0. The van der Waals surface area contributed by atoms with Crippen LogP contribution in [0.15, 0.2) is 30.3 Å². The molecule has 0 bridgehead atoms. The molecule has 6 heteroatoms. The number of fused-ring (bicyclic) bond motifs is 4. The van der Waals surface area contributed by atoms with E-state index in [1.165, 1.54) is 34.5 Å². The lowest BCUT2D eigenvalue weighted by atomic mass is 9.84. The fourth-order valence-corrected chi connectivity index (χ4v) is 4.40. The van der Waals surface area contributed by atoms with Gasteiger partial charge in [0.25, 0.3) is 0 Å². The van der Waals surface area contributed by atoms with Crippen LogP contribution in [0, 0.1) is 0 Å². The topological polar surface area (TPSA) is 34.2 Å². The lowest BCUT2D eigenvalue weighted by Gasteiger charge is -2.41. The number of nitrogens with zero attached hydrogens (tertiary/aromatic N) is 2. The highest BCUT2D eigenvalue weighted by Gasteiger charge is 2.33. The smallest absolute Gasteiger partial charge is 0.181 e. The van der Waals surface area contributed by atoms with E-state index in [2.05, 4.69) is 35.2 Å². The van der Waals surface area contributed by atoms with Crippen molar-refractivity contribution in [3.05, 3.63) is 52.6 Å². The Kier molecular flexibility index (Phi) is 7.33. The SMILES string of the molecule is CC.COc1ccc2c(c1)CCN1Cc3cc(OC)c(OSN(C)C)cc3CC21. The van der Waals surface area contributed by atoms with Crippen LogP contribution in [0.25, 0.3) is 0 Å². The van der Waals surface area contributed by atoms with E-state index in [0.29, 0.717) is 6.04 Å². The molecule has 1 atom stereocenters. The summed E-state index contributed by atoms with van der Waals surface area (Å²) in [6.07, 6.45) is 2.05. The number of hydrogen-bond acceptors (Lipinski definition) is 6. The summed E-state index contributed by atoms with van der Waals surface area (Å²) in [6.45, 7) is 6.02. The molecule has 1 unspecified atom stereocenters. The van der Waals surface area contributed by atoms with E-state index >= 15 is 0 Å². The maximum Gasteiger partial charge on any atom is 0.181 e. The molecular weight excluding hydrogens is 384 g/mol. The highest BCUT2D eigenvalue weighted by atomic mass is 32.2. The average Bonchev–Trinajstić information content (AvgIpc) is 2.76. The van der Waals surface area contributed by atoms with Gasteiger partial charge < -0.3 is 13.7 Å². The van der Waals surface area contributed by atoms with Crippen molar-refractivity contribution in [2.75, 3.05) is 34.9 Å². The number of methoxy groups -OCH3 is 2. The van der Waals surface area contributed by atoms with Crippen LogP contribution in [-0.4, -0.2) is 44.1 Å². The number of ether oxygens (including phenoxy) is 2. The van der Waals surface area contributed by atoms with Gasteiger partial charge in [-0.15, -0.1) is 0 Å². The van der Waals surface area contributed by atoms with E-state index < -0.39 is 0 Å². The van der Waals surface area contributed by atoms with Crippen molar-refractivity contribution in [1.29, 1.82) is 0 Å². The predicted molar refractivity (Wildman–Crippen MR) is 120 cm³/mol. The zero-order chi connectivity index (χ0) is 21.0. The van der Waals surface area contributed by atoms with Gasteiger partial charge in [-0.2, -0.15) is 0 Å². The molecule has 2 aliphatic rings. The fourth-order valence-electron chi connectivity index (χ4n) is 4.04. The van der Waals surface area contributed by atoms with Gasteiger partial charge in [-0.25, -0.2) is 4.31 Å². The Morgan fingerprint density at radius 3 is 2.41 bits per heavy atom. The first-order valence-electron chi connectivity index (χ1n) is 10.2. The Labute approximate surface area is 179 Å². The van der Waals surface area contributed by atoms with Crippen LogP contribution in [0.3, 0.4) is 0 Å². The largest absolute Gasteiger partial charge is 0.497 e. The van der Waals surface area contributed by atoms with Crippen LogP contribution in [0.4, 0.5) is 0 Å². The van der Waals surface area contributed by atoms with E-state index in [-0.39, 0.29) is 0 Å². The molecule has 0 aromatic heterocycles. The summed E-state index contributed by atoms with van der Waals surface area (Å²) in [4.78, 5) is 2.58. The lowest BCUT2D eigenvalue weighted by molar-refractivity contribution is 0.160. The van der Waals surface area contributed by atoms with Gasteiger partial charge in [-0.05, 0) is 59.4 Å². The van der Waals surface area contributed by atoms with E-state index in [0.717, 1.165) is 43.2 Å². The molecule has 158 valence electrons. The summed E-state index contributed by atoms with van der Waals surface area (Å²) in [5.41, 5.74) is 5.51. The summed E-state index contributed by atoms with van der Waals surface area (Å²) in [6, 6.07) is 11.2. The van der Waals surface area contributed by atoms with Crippen LogP contribution in [0.2, 0.25) is 0 Å². The number of hydrogen-bond donors (Lipinski definition) is 0. The summed E-state index contributed by atoms with van der Waals surface area (Å²) >= 11 is 1.31. The molecule has 0 saturated carbocycles. The molecule has 2 aliphatic heterocycles. The Hall–Kier alpha value is -1.89. The minimum Gasteiger partial charge on any atom is -0.497 e. The van der Waals surface area contributed by atoms with Gasteiger partial charge in [0, 0.05) is 33.2 Å². The Balaban J connectivity index is 0.00000117. The van der Waals surface area contributed by atoms with Crippen molar-refractivity contribution < 1.29 is 13.7 Å². The fraction of sp³-hybridized carbons (Fsp3) is 0.478. The van der Waals surface area contributed by atoms with E-state index in [4.69, 9.17) is 13.7 Å². The standard InChI is InChI=1S/C21H26N2O3S.C2H6/c1-22(2)27-26-21-11-15-10-19-18-6-5-17(24-3)9-14(18)7-8-23(19)13-16(15)12-20(21)25-4;1-2/h5-6,9,11-12,19H,7-8,10,13H2,1-4H3;1-2H3. The third-order valence-electron chi connectivity index (χ3n) is 5.37. The van der Waals surface area contributed by atoms with Gasteiger partial charge in [0.05, 0.1) is 14.2 Å². The first kappa shape index (κ1) is 21.8. The molecule has 2 heterocycles. The molecule has 0 saturated heterocycles. The second-order valence-corrected chi connectivity index (χ2v) is 8.29. The second-order valence-electron chi connectivity index (χ2n) is 7.25. The first-order chi connectivity index (χ1) is 14.1. The molecule has 2 aromatic carbocycles. The first-order valence-corrected chi connectivity index (χ1v) is 10.9. The Morgan fingerprint density at radius 2 is 1.72 bits per heavy atom. The molecule has 0 aliphatic carbocycles. The molecule has 0 radical (unpaired) electrons. The summed E-state index contributed by atoms with van der Waals surface area (Å²) in [7, 11) is 7.35. The lowest BCUT2D eigenvalue weighted by Crippen LogP contribution is -2.39. The van der Waals surface area contributed by atoms with Gasteiger partial charge in [-0.3, -0.25) is 4.90 Å². The highest BCUT2D eigenvalue weighted by molar-refractivity contribution is 7.92. The van der Waals surface area contributed by atoms with Crippen molar-refractivity contribution >= 4 is 12.2 Å². The molecule has 29 heavy (non-hydrogen) atoms. The van der Waals surface area contributed by atoms with Crippen molar-refractivity contribution in [3.8, 4) is 17.2 Å². The van der Waals surface area contributed by atoms with E-state index in [1.807, 2.05) is 32.2 Å². The molecule has 0 N–H and O–H groups in total. The van der Waals surface area contributed by atoms with Gasteiger partial charge in [0.1, 0.15) is 18.0 Å². The van der Waals surface area contributed by atoms with Gasteiger partial charge in [0.15, 0.2) is 11.5 Å². The molecular formula is C23H32N2O3S. The molecule has 0 amide bonds. The van der Waals surface area contributed by atoms with Crippen LogP contribution in [0.5, 0.6) is 17.2 Å². The molecule has 5 nitrogen and oxygen atoms in total. The van der Waals surface area contributed by atoms with Crippen LogP contribution >= 0.6 is 12.2 Å². The third kappa shape index (κ3) is 4.65. The molecule has 4 rings (SSSR count). The Bertz CT molecular complexity index is 841. The third-order valence-corrected chi connectivity index (χ3v) is 5.92. The minimum absolute atomic E-state index is 0.412. The molecule has 0 fully saturated rings. The van der Waals surface area contributed by atoms with Gasteiger partial charge in [-0.1, -0.05) is 19.9 Å². The summed E-state index contributed by atoms with van der Waals surface area (Å²) in [5.74, 6) is 2.53. The number of rotatable bonds is 5. The van der Waals surface area contributed by atoms with Crippen LogP contribution < -0.4 is 13.7 Å². The summed E-state index contributed by atoms with van der Waals surface area (Å²) < 4.78 is 18.8. The van der Waals surface area contributed by atoms with Crippen LogP contribution in [0.1, 0.15) is 42.1 Å². The van der Waals surface area contributed by atoms with Crippen molar-refractivity contribution in [2.45, 2.75) is 39.3 Å². The zero-order valence-electron chi connectivity index (χ0n) is 18.3. The van der Waals surface area contributed by atoms with E-state index in [1.54, 1.807) is 14.2 Å². The monoisotopic (exact) mass is 416 g/mol. The number of benzene rings is 2. The maximum atomic E-state index is 5.88. The van der Waals surface area contributed by atoms with E-state index in [9.17, 15) is 0 Å². The Morgan fingerprint density at radius 1 is 0.966 bits per heavy atom. The highest BCUT2D eigenvalue weighted by Crippen LogP contribution is 2.42. The molecule has 0 spiro atoms. The quantitative estimate of drug-likeness (QED) is 0.510. The van der Waals surface area contributed by atoms with Crippen molar-refractivity contribution in [2.24, 2.45) is 0 Å². The second kappa shape index (κ2) is 9.74. The minimum atomic E-state index is 0.412. The van der Waals surface area contributed by atoms with Crippen molar-refractivity contribution in [3.63, 3.8) is 0 Å². The van der Waals surface area contributed by atoms with Crippen LogP contribution in [-0.2, 0) is 19.4 Å². The maximum absolute atomic E-state index is 5.88. The molecule has 2 aromatic rings. The van der Waals surface area contributed by atoms with Gasteiger partial charge in [0.2, 0.25) is 0 Å². The van der Waals surface area contributed by atoms with Gasteiger partial charge >= 0.3 is 0 Å². The normalized spacial score (nSPS) is 17.4. The zero-order valence-corrected chi connectivity index (χ0v) is 19.1.